The largest absolute Gasteiger partial charge is 0.213 e. The Morgan fingerprint density at radius 3 is 1.85 bits per heavy atom. The number of hydrogen-bond acceptors (Lipinski definition) is 2. The molecule has 0 aliphatic rings. The molecule has 0 radical (unpaired) electrons. The Hall–Kier alpha value is 0.390. The molecular formula is C15H32BrNO2S. The van der Waals surface area contributed by atoms with Crippen molar-refractivity contribution in [1.82, 2.24) is 4.31 Å². The lowest BCUT2D eigenvalue weighted by atomic mass is 10.1. The lowest BCUT2D eigenvalue weighted by Crippen LogP contribution is -2.30. The van der Waals surface area contributed by atoms with E-state index in [0.717, 1.165) is 31.0 Å². The van der Waals surface area contributed by atoms with Gasteiger partial charge in [0.05, 0.1) is 5.75 Å². The molecule has 0 aromatic heterocycles. The molecule has 0 N–H and O–H groups in total. The van der Waals surface area contributed by atoms with Gasteiger partial charge in [-0.05, 0) is 19.3 Å². The number of halogens is 1. The fourth-order valence-electron chi connectivity index (χ4n) is 2.12. The minimum Gasteiger partial charge on any atom is -0.212 e. The molecule has 0 aromatic rings. The quantitative estimate of drug-likeness (QED) is 0.332. The molecule has 0 aromatic carbocycles. The molecule has 0 saturated carbocycles. The van der Waals surface area contributed by atoms with Gasteiger partial charge >= 0.3 is 0 Å². The summed E-state index contributed by atoms with van der Waals surface area (Å²) in [5, 5.41) is 1.11. The van der Waals surface area contributed by atoms with Crippen LogP contribution >= 0.6 is 15.9 Å². The smallest absolute Gasteiger partial charge is 0.212 e. The van der Waals surface area contributed by atoms with Gasteiger partial charge in [-0.1, -0.05) is 67.8 Å². The number of hydrogen-bond donors (Lipinski definition) is 0. The topological polar surface area (TPSA) is 37.4 Å². The van der Waals surface area contributed by atoms with Crippen LogP contribution in [0.3, 0.4) is 0 Å². The van der Waals surface area contributed by atoms with Gasteiger partial charge in [-0.3, -0.25) is 0 Å². The summed E-state index contributed by atoms with van der Waals surface area (Å²) in [7, 11) is -1.31. The maximum Gasteiger partial charge on any atom is 0.213 e. The first-order valence-electron chi connectivity index (χ1n) is 8.04. The maximum absolute atomic E-state index is 12.0. The zero-order valence-electron chi connectivity index (χ0n) is 13.2. The van der Waals surface area contributed by atoms with Crippen molar-refractivity contribution in [3.05, 3.63) is 0 Å². The van der Waals surface area contributed by atoms with E-state index in [1.807, 2.05) is 0 Å². The van der Waals surface area contributed by atoms with Gasteiger partial charge in [0.1, 0.15) is 0 Å². The molecule has 0 spiro atoms. The molecule has 0 heterocycles. The van der Waals surface area contributed by atoms with E-state index in [0.29, 0.717) is 12.3 Å². The van der Waals surface area contributed by atoms with E-state index in [2.05, 4.69) is 22.9 Å². The van der Waals surface area contributed by atoms with E-state index in [1.165, 1.54) is 42.8 Å². The molecule has 0 rings (SSSR count). The number of nitrogens with zero attached hydrogens (tertiary/aromatic N) is 1. The van der Waals surface area contributed by atoms with Crippen LogP contribution in [0.2, 0.25) is 0 Å². The highest BCUT2D eigenvalue weighted by molar-refractivity contribution is 9.09. The van der Waals surface area contributed by atoms with Crippen LogP contribution in [0.25, 0.3) is 0 Å². The normalized spacial score (nSPS) is 12.2. The Labute approximate surface area is 134 Å². The highest BCUT2D eigenvalue weighted by Gasteiger charge is 2.16. The molecule has 0 amide bonds. The van der Waals surface area contributed by atoms with Gasteiger partial charge in [0, 0.05) is 18.9 Å². The van der Waals surface area contributed by atoms with Gasteiger partial charge in [0.2, 0.25) is 10.0 Å². The number of unbranched alkanes of at least 4 members (excludes halogenated alkanes) is 8. The lowest BCUT2D eigenvalue weighted by molar-refractivity contribution is 0.456. The second-order valence-corrected chi connectivity index (χ2v) is 8.50. The summed E-state index contributed by atoms with van der Waals surface area (Å²) in [4.78, 5) is 0. The second-order valence-electron chi connectivity index (χ2n) is 5.51. The fraction of sp³-hybridized carbons (Fsp3) is 1.00. The van der Waals surface area contributed by atoms with E-state index in [-0.39, 0.29) is 0 Å². The first-order chi connectivity index (χ1) is 9.54. The molecule has 5 heteroatoms. The van der Waals surface area contributed by atoms with Crippen molar-refractivity contribution in [3.8, 4) is 0 Å². The van der Waals surface area contributed by atoms with Crippen LogP contribution in [0.5, 0.6) is 0 Å². The Morgan fingerprint density at radius 1 is 0.850 bits per heavy atom. The Kier molecular flexibility index (Phi) is 13.3. The second kappa shape index (κ2) is 13.1. The third-order valence-corrected chi connectivity index (χ3v) is 6.08. The third-order valence-electron chi connectivity index (χ3n) is 3.59. The average Bonchev–Trinajstić information content (AvgIpc) is 2.42. The van der Waals surface area contributed by atoms with Crippen molar-refractivity contribution >= 4 is 26.0 Å². The van der Waals surface area contributed by atoms with Crippen molar-refractivity contribution < 1.29 is 8.42 Å². The molecule has 0 aliphatic heterocycles. The number of alkyl halides is 1. The van der Waals surface area contributed by atoms with Crippen molar-refractivity contribution in [2.24, 2.45) is 0 Å². The summed E-state index contributed by atoms with van der Waals surface area (Å²) < 4.78 is 25.5. The summed E-state index contributed by atoms with van der Waals surface area (Å²) in [6.45, 7) is 2.74. The van der Waals surface area contributed by atoms with Crippen LogP contribution in [0.15, 0.2) is 0 Å². The molecular weight excluding hydrogens is 338 g/mol. The van der Waals surface area contributed by atoms with Crippen molar-refractivity contribution in [2.75, 3.05) is 24.7 Å². The van der Waals surface area contributed by atoms with Gasteiger partial charge in [-0.15, -0.1) is 0 Å². The van der Waals surface area contributed by atoms with E-state index >= 15 is 0 Å². The standard InChI is InChI=1S/C15H32BrNO2S/c1-3-4-14-17(2)20(18,19)15-12-10-8-6-5-7-9-11-13-16/h3-15H2,1-2H3. The summed E-state index contributed by atoms with van der Waals surface area (Å²) in [5.41, 5.74) is 0. The van der Waals surface area contributed by atoms with Crippen molar-refractivity contribution in [1.29, 1.82) is 0 Å². The van der Waals surface area contributed by atoms with Gasteiger partial charge < -0.3 is 0 Å². The molecule has 0 aliphatic carbocycles. The predicted octanol–water partition coefficient (Wildman–Crippen LogP) is 4.56. The summed E-state index contributed by atoms with van der Waals surface area (Å²) >= 11 is 3.44. The van der Waals surface area contributed by atoms with Gasteiger partial charge in [0.25, 0.3) is 0 Å². The summed E-state index contributed by atoms with van der Waals surface area (Å²) in [6.07, 6.45) is 11.4. The highest BCUT2D eigenvalue weighted by Crippen LogP contribution is 2.11. The van der Waals surface area contributed by atoms with Crippen LogP contribution < -0.4 is 0 Å². The molecule has 0 atom stereocenters. The van der Waals surface area contributed by atoms with Crippen LogP contribution in [-0.2, 0) is 10.0 Å². The van der Waals surface area contributed by atoms with E-state index < -0.39 is 10.0 Å². The number of rotatable bonds is 14. The molecule has 20 heavy (non-hydrogen) atoms. The average molecular weight is 370 g/mol. The monoisotopic (exact) mass is 369 g/mol. The van der Waals surface area contributed by atoms with E-state index in [9.17, 15) is 8.42 Å². The first kappa shape index (κ1) is 20.4. The Balaban J connectivity index is 3.53. The van der Waals surface area contributed by atoms with Gasteiger partial charge in [0.15, 0.2) is 0 Å². The molecule has 0 bridgehead atoms. The van der Waals surface area contributed by atoms with Crippen molar-refractivity contribution in [2.45, 2.75) is 71.1 Å². The number of sulfonamides is 1. The van der Waals surface area contributed by atoms with E-state index in [1.54, 1.807) is 7.05 Å². The predicted molar refractivity (Wildman–Crippen MR) is 92.1 cm³/mol. The molecule has 0 unspecified atom stereocenters. The SMILES string of the molecule is CCCCN(C)S(=O)(=O)CCCCCCCCCCBr. The zero-order chi connectivity index (χ0) is 15.3. The van der Waals surface area contributed by atoms with Gasteiger partial charge in [-0.25, -0.2) is 12.7 Å². The van der Waals surface area contributed by atoms with Crippen LogP contribution in [0, 0.1) is 0 Å². The van der Waals surface area contributed by atoms with Gasteiger partial charge in [-0.2, -0.15) is 0 Å². The molecule has 3 nitrogen and oxygen atoms in total. The summed E-state index contributed by atoms with van der Waals surface area (Å²) in [5.74, 6) is 0.316. The van der Waals surface area contributed by atoms with Crippen LogP contribution in [-0.4, -0.2) is 37.4 Å². The van der Waals surface area contributed by atoms with Crippen molar-refractivity contribution in [3.63, 3.8) is 0 Å². The Morgan fingerprint density at radius 2 is 1.35 bits per heavy atom. The van der Waals surface area contributed by atoms with Crippen LogP contribution in [0.4, 0.5) is 0 Å². The maximum atomic E-state index is 12.0. The zero-order valence-corrected chi connectivity index (χ0v) is 15.6. The third kappa shape index (κ3) is 11.1. The molecule has 0 fully saturated rings. The minimum absolute atomic E-state index is 0.316. The molecule has 122 valence electrons. The first-order valence-corrected chi connectivity index (χ1v) is 10.8. The lowest BCUT2D eigenvalue weighted by Gasteiger charge is -2.16. The summed E-state index contributed by atoms with van der Waals surface area (Å²) in [6, 6.07) is 0. The van der Waals surface area contributed by atoms with E-state index in [4.69, 9.17) is 0 Å². The highest BCUT2D eigenvalue weighted by atomic mass is 79.9. The molecule has 0 saturated heterocycles. The minimum atomic E-state index is -3.01. The fourth-order valence-corrected chi connectivity index (χ4v) is 3.80. The van der Waals surface area contributed by atoms with Crippen LogP contribution in [0.1, 0.15) is 71.1 Å². The Bertz CT molecular complexity index is 307.